The number of ketones is 1. The van der Waals surface area contributed by atoms with Crippen LogP contribution in [-0.4, -0.2) is 205 Å². The highest BCUT2D eigenvalue weighted by Gasteiger charge is 2.22. The Balaban J connectivity index is 0.000000156. The summed E-state index contributed by atoms with van der Waals surface area (Å²) in [5.41, 5.74) is 29.3. The summed E-state index contributed by atoms with van der Waals surface area (Å²) in [6.07, 6.45) is 0. The summed E-state index contributed by atoms with van der Waals surface area (Å²) in [4.78, 5) is 93.1. The van der Waals surface area contributed by atoms with Gasteiger partial charge in [-0.3, -0.25) is 14.4 Å². The predicted octanol–water partition coefficient (Wildman–Crippen LogP) is 18.0. The second-order valence-electron chi connectivity index (χ2n) is 30.2. The average molecular weight is 1680 g/mol. The van der Waals surface area contributed by atoms with Crippen LogP contribution in [0.3, 0.4) is 0 Å². The van der Waals surface area contributed by atoms with Gasteiger partial charge < -0.3 is 52.6 Å². The van der Waals surface area contributed by atoms with E-state index in [1.165, 1.54) is 69.3 Å². The summed E-state index contributed by atoms with van der Waals surface area (Å²) < 4.78 is 14.2. The van der Waals surface area contributed by atoms with Crippen molar-refractivity contribution < 1.29 is 39.2 Å². The number of rotatable bonds is 14. The molecular formula is C88H99AlCl4N16O8. The highest BCUT2D eigenvalue weighted by molar-refractivity contribution is 7.54. The van der Waals surface area contributed by atoms with E-state index in [1.54, 1.807) is 19.1 Å². The van der Waals surface area contributed by atoms with Gasteiger partial charge in [0.2, 0.25) is 5.24 Å². The van der Waals surface area contributed by atoms with Crippen LogP contribution in [0.1, 0.15) is 82.6 Å². The third-order valence-corrected chi connectivity index (χ3v) is 20.0. The Morgan fingerprint density at radius 2 is 0.641 bits per heavy atom. The Morgan fingerprint density at radius 1 is 0.376 bits per heavy atom. The number of esters is 1. The highest BCUT2D eigenvalue weighted by Crippen LogP contribution is 2.36. The number of aromatic hydroxyl groups is 1. The van der Waals surface area contributed by atoms with Crippen molar-refractivity contribution in [3.05, 3.63) is 177 Å². The number of likely N-dealkylation sites (N-methyl/N-ethyl adjacent to an activating group) is 4. The zero-order chi connectivity index (χ0) is 85.3. The molecule has 0 amide bonds. The number of fused-ring (bicyclic) bond motifs is 16. The number of hydrogen-bond acceptors (Lipinski definition) is 20. The van der Waals surface area contributed by atoms with E-state index >= 15 is 0 Å². The number of hydrogen-bond donors (Lipinski definition) is 2. The van der Waals surface area contributed by atoms with E-state index in [-0.39, 0.29) is 22.7 Å². The van der Waals surface area contributed by atoms with Gasteiger partial charge in [0.15, 0.2) is 28.4 Å². The predicted molar refractivity (Wildman–Crippen MR) is 479 cm³/mol. The van der Waals surface area contributed by atoms with E-state index in [0.29, 0.717) is 11.3 Å². The molecule has 0 aliphatic rings. The molecule has 117 heavy (non-hydrogen) atoms. The van der Waals surface area contributed by atoms with Gasteiger partial charge in [-0.1, -0.05) is 18.2 Å². The van der Waals surface area contributed by atoms with Crippen LogP contribution in [0.25, 0.3) is 132 Å². The minimum atomic E-state index is -1.72. The summed E-state index contributed by atoms with van der Waals surface area (Å²) in [7, 11) is 31.4. The second-order valence-corrected chi connectivity index (χ2v) is 37.1. The lowest BCUT2D eigenvalue weighted by atomic mass is 10.1. The molecule has 0 spiro atoms. The number of Topliss-reactive ketones (excluding diaryl/α,β-unsaturated/α-hetero) is 1. The Labute approximate surface area is 701 Å². The second kappa shape index (κ2) is 39.0. The van der Waals surface area contributed by atoms with Gasteiger partial charge in [-0.25, -0.2) is 74.8 Å². The van der Waals surface area contributed by atoms with Crippen LogP contribution in [0.15, 0.2) is 127 Å². The van der Waals surface area contributed by atoms with E-state index in [9.17, 15) is 24.3 Å². The SMILES string of the molecule is CC(=O)Cl.CC(=O)OO.CC(=O)Oc1ccc2c(c1)c1nc3cc(C)c(C)cc3nc1n2CCN(C)C.CC(=O)c1ccc2c(c1)c1nc3cc(C)c(C)cc3nc1n2CCN(C)C.Cc1cc2nc3c4cc(O)ccc4n(CCN(C)C)c3nc2cc1C.Cc1cc2nc3c4ccccc4n(CCN(C)C)c3nc2cc1C.[Cl][Al]([Cl])[Cl]. The van der Waals surface area contributed by atoms with Crippen molar-refractivity contribution in [2.45, 2.75) is 109 Å². The maximum absolute atomic E-state index is 11.9. The minimum Gasteiger partial charge on any atom is -0.508 e. The van der Waals surface area contributed by atoms with Gasteiger partial charge >= 0.3 is 23.3 Å². The summed E-state index contributed by atoms with van der Waals surface area (Å²) >= 11 is 2.91. The molecule has 16 rings (SSSR count). The van der Waals surface area contributed by atoms with Crippen LogP contribution >= 0.6 is 41.7 Å². The molecule has 8 aromatic heterocycles. The van der Waals surface area contributed by atoms with Gasteiger partial charge in [-0.05, 0) is 284 Å². The van der Waals surface area contributed by atoms with E-state index in [4.69, 9.17) is 80.0 Å². The first kappa shape index (κ1) is 89.2. The number of nitrogens with zero attached hydrogens (tertiary/aromatic N) is 16. The summed E-state index contributed by atoms with van der Waals surface area (Å²) in [6.45, 7) is 29.2. The molecule has 8 heterocycles. The van der Waals surface area contributed by atoms with Crippen molar-refractivity contribution in [3.63, 3.8) is 0 Å². The number of aryl methyl sites for hydroxylation is 8. The van der Waals surface area contributed by atoms with Gasteiger partial charge in [0.25, 0.3) is 0 Å². The van der Waals surface area contributed by atoms with Gasteiger partial charge in [-0.2, -0.15) is 5.26 Å². The fourth-order valence-corrected chi connectivity index (χ4v) is 13.5. The van der Waals surface area contributed by atoms with Crippen LogP contribution in [-0.2, 0) is 45.5 Å². The number of phenolic OH excluding ortho intramolecular Hbond substituents is 1. The standard InChI is InChI=1S/C22H24N4O2.C22H24N4O.C20H22N4O.C20H22N4.C2H3ClO.C2H4O3.Al.3ClH/c1-13-10-18-19(11-14(13)2)24-22-21(23-18)17-12-16(28-15(3)27)6-7-20(17)26(22)9-8-25(4)5;1-13-10-18-19(11-14(13)2)24-22-21(23-18)17-12-16(15(3)27)6-7-20(17)26(22)9-8-25(4)5;1-12-9-16-17(10-13(12)2)22-20-19(21-16)15-11-14(25)5-6-18(15)24(20)8-7-23(3)4;1-13-11-16-17(12-14(13)2)22-20-19(21-16)15-7-5-6-8-18(15)24(20)10-9-23(3)4;1-2(3)4;1-2(3)5-4;;;;/h6-7,10-12H,8-9H2,1-5H3;6-7,10-12H,8-9H2,1-5H3;5-6,9-11,25H,7-8H2,1-4H3;5-8,11-12H,9-10H2,1-4H3;1H3;4H,1H3;;3*1H/q;;;;;;+3;;;/p-3. The molecule has 8 aromatic carbocycles. The molecule has 0 bridgehead atoms. The number of halogens is 4. The van der Waals surface area contributed by atoms with Crippen molar-refractivity contribution in [3.8, 4) is 11.5 Å². The van der Waals surface area contributed by atoms with Crippen LogP contribution in [0.2, 0.25) is 0 Å². The topological polar surface area (TPSA) is 263 Å². The summed E-state index contributed by atoms with van der Waals surface area (Å²) in [6, 6.07) is 42.3. The normalized spacial score (nSPS) is 11.4. The Bertz CT molecular complexity index is 6430. The van der Waals surface area contributed by atoms with Gasteiger partial charge in [0, 0.05) is 100 Å². The lowest BCUT2D eigenvalue weighted by Crippen LogP contribution is -2.18. The number of phenols is 1. The number of aromatic nitrogens is 12. The number of para-hydroxylation sites is 1. The first-order valence-electron chi connectivity index (χ1n) is 38.1. The molecule has 16 aromatic rings. The first-order valence-corrected chi connectivity index (χ1v) is 43.7. The van der Waals surface area contributed by atoms with E-state index in [2.05, 4.69) is 239 Å². The van der Waals surface area contributed by atoms with E-state index < -0.39 is 17.4 Å². The zero-order valence-corrected chi connectivity index (χ0v) is 74.0. The van der Waals surface area contributed by atoms with Crippen molar-refractivity contribution in [1.29, 1.82) is 0 Å². The average Bonchev–Trinajstić information content (AvgIpc) is 1.61. The molecule has 0 aliphatic carbocycles. The first-order chi connectivity index (χ1) is 55.4. The molecule has 0 radical (unpaired) electrons. The fourth-order valence-electron chi connectivity index (χ4n) is 13.5. The van der Waals surface area contributed by atoms with Crippen molar-refractivity contribution in [2.24, 2.45) is 0 Å². The monoisotopic (exact) mass is 1670 g/mol. The van der Waals surface area contributed by atoms with Crippen LogP contribution in [0.5, 0.6) is 11.5 Å². The molecule has 0 unspecified atom stereocenters. The van der Waals surface area contributed by atoms with Crippen molar-refractivity contribution >= 4 is 208 Å². The summed E-state index contributed by atoms with van der Waals surface area (Å²) in [5, 5.41) is 20.9. The lowest BCUT2D eigenvalue weighted by Gasteiger charge is -2.12. The maximum atomic E-state index is 11.9. The van der Waals surface area contributed by atoms with Crippen molar-refractivity contribution in [2.75, 3.05) is 82.6 Å². The van der Waals surface area contributed by atoms with E-state index in [1.807, 2.05) is 42.5 Å². The fraction of sp³-hybridized carbons (Fsp3) is 0.318. The molecule has 0 saturated carbocycles. The third kappa shape index (κ3) is 21.6. The molecule has 0 aliphatic heterocycles. The van der Waals surface area contributed by atoms with Crippen LogP contribution < -0.4 is 4.74 Å². The zero-order valence-electron chi connectivity index (χ0n) is 69.9. The smallest absolute Gasteiger partial charge is 0.508 e. The molecule has 0 fully saturated rings. The quantitative estimate of drug-likeness (QED) is 0.0195. The number of benzene rings is 8. The van der Waals surface area contributed by atoms with Gasteiger partial charge in [0.05, 0.1) is 66.2 Å². The van der Waals surface area contributed by atoms with Gasteiger partial charge in [0.1, 0.15) is 33.6 Å². The number of ether oxygens (including phenoxy) is 1. The molecule has 2 N–H and O–H groups in total. The molecule has 610 valence electrons. The Morgan fingerprint density at radius 3 is 0.940 bits per heavy atom. The van der Waals surface area contributed by atoms with Crippen molar-refractivity contribution in [1.82, 2.24) is 77.7 Å². The minimum absolute atomic E-state index is 0.0614. The molecule has 0 saturated heterocycles. The largest absolute Gasteiger partial charge is 0.643 e. The molecule has 29 heteroatoms. The van der Waals surface area contributed by atoms with Crippen LogP contribution in [0, 0.1) is 55.4 Å². The highest BCUT2D eigenvalue weighted by atomic mass is 35.8. The number of carbonyl (C=O) groups is 4. The lowest BCUT2D eigenvalue weighted by molar-refractivity contribution is -0.231. The third-order valence-electron chi connectivity index (χ3n) is 20.0. The molecule has 0 atom stereocenters. The summed E-state index contributed by atoms with van der Waals surface area (Å²) in [5.74, 6) is -0.190. The van der Waals surface area contributed by atoms with E-state index in [0.717, 1.165) is 181 Å². The maximum Gasteiger partial charge on any atom is 0.643 e. The van der Waals surface area contributed by atoms with Gasteiger partial charge in [-0.15, -0.1) is 0 Å². The Hall–Kier alpha value is -10.1. The van der Waals surface area contributed by atoms with Crippen LogP contribution in [0.4, 0.5) is 0 Å². The Kier molecular flexibility index (Phi) is 29.7. The number of carbonyl (C=O) groups excluding carboxylic acids is 4. The molecule has 24 nitrogen and oxygen atoms in total. The molecular weight excluding hydrogens is 1580 g/mol.